The lowest BCUT2D eigenvalue weighted by Crippen LogP contribution is -2.46. The molecule has 1 fully saturated rings. The molecule has 168 valence electrons. The van der Waals surface area contributed by atoms with Crippen LogP contribution in [0, 0.1) is 0 Å². The van der Waals surface area contributed by atoms with E-state index in [0.717, 1.165) is 50.2 Å². The average molecular weight is 440 g/mol. The van der Waals surface area contributed by atoms with Crippen LogP contribution in [0.25, 0.3) is 10.9 Å². The summed E-state index contributed by atoms with van der Waals surface area (Å²) in [5, 5.41) is 11.4. The van der Waals surface area contributed by atoms with E-state index < -0.39 is 0 Å². The molecular formula is C27H29N5O. The highest BCUT2D eigenvalue weighted by molar-refractivity contribution is 6.04. The molecule has 1 amide bonds. The fourth-order valence-electron chi connectivity index (χ4n) is 4.60. The largest absolute Gasteiger partial charge is 0.345 e. The third-order valence-corrected chi connectivity index (χ3v) is 6.21. The number of para-hydroxylation sites is 1. The Balaban J connectivity index is 1.33. The van der Waals surface area contributed by atoms with Gasteiger partial charge in [0, 0.05) is 44.7 Å². The van der Waals surface area contributed by atoms with Gasteiger partial charge in [-0.3, -0.25) is 19.7 Å². The molecule has 1 aliphatic rings. The van der Waals surface area contributed by atoms with E-state index >= 15 is 0 Å². The zero-order valence-electron chi connectivity index (χ0n) is 18.7. The van der Waals surface area contributed by atoms with Gasteiger partial charge in [0.15, 0.2) is 5.69 Å². The maximum absolute atomic E-state index is 13.2. The first kappa shape index (κ1) is 21.4. The van der Waals surface area contributed by atoms with Crippen LogP contribution in [0.4, 0.5) is 0 Å². The number of nitrogens with one attached hydrogen (secondary N) is 2. The molecule has 0 spiro atoms. The number of nitrogens with zero attached hydrogens (tertiary/aromatic N) is 3. The Bertz CT molecular complexity index is 1140. The summed E-state index contributed by atoms with van der Waals surface area (Å²) in [5.74, 6) is -0.126. The van der Waals surface area contributed by atoms with Crippen molar-refractivity contribution < 1.29 is 4.79 Å². The van der Waals surface area contributed by atoms with Crippen molar-refractivity contribution in [2.45, 2.75) is 19.1 Å². The summed E-state index contributed by atoms with van der Waals surface area (Å²) in [4.78, 5) is 18.1. The Kier molecular flexibility index (Phi) is 6.46. The Morgan fingerprint density at radius 1 is 0.818 bits per heavy atom. The van der Waals surface area contributed by atoms with Gasteiger partial charge >= 0.3 is 0 Å². The van der Waals surface area contributed by atoms with Crippen LogP contribution >= 0.6 is 0 Å². The monoisotopic (exact) mass is 439 g/mol. The SMILES string of the molecule is O=C(NC1CN(Cc2ccccc2)CCN(Cc2ccccc2)C1)c1n[nH]c2ccccc12. The fourth-order valence-corrected chi connectivity index (χ4v) is 4.60. The molecule has 0 aliphatic carbocycles. The Labute approximate surface area is 194 Å². The number of aromatic amines is 1. The van der Waals surface area contributed by atoms with Gasteiger partial charge in [0.05, 0.1) is 11.6 Å². The highest BCUT2D eigenvalue weighted by atomic mass is 16.2. The molecule has 1 aromatic heterocycles. The molecule has 6 heteroatoms. The summed E-state index contributed by atoms with van der Waals surface area (Å²) in [5.41, 5.74) is 3.91. The molecule has 0 radical (unpaired) electrons. The summed E-state index contributed by atoms with van der Waals surface area (Å²) in [6, 6.07) is 28.8. The van der Waals surface area contributed by atoms with E-state index in [4.69, 9.17) is 0 Å². The molecule has 1 saturated heterocycles. The molecule has 6 nitrogen and oxygen atoms in total. The van der Waals surface area contributed by atoms with E-state index in [2.05, 4.69) is 73.8 Å². The number of hydrogen-bond donors (Lipinski definition) is 2. The van der Waals surface area contributed by atoms with Gasteiger partial charge in [-0.1, -0.05) is 78.9 Å². The first-order valence-electron chi connectivity index (χ1n) is 11.5. The number of amides is 1. The molecule has 1 aliphatic heterocycles. The van der Waals surface area contributed by atoms with E-state index in [9.17, 15) is 4.79 Å². The summed E-state index contributed by atoms with van der Waals surface area (Å²) in [7, 11) is 0. The topological polar surface area (TPSA) is 64.3 Å². The van der Waals surface area contributed by atoms with E-state index in [1.807, 2.05) is 36.4 Å². The number of H-pyrrole nitrogens is 1. The predicted molar refractivity (Wildman–Crippen MR) is 131 cm³/mol. The van der Waals surface area contributed by atoms with E-state index in [1.54, 1.807) is 0 Å². The minimum atomic E-state index is -0.126. The molecular weight excluding hydrogens is 410 g/mol. The van der Waals surface area contributed by atoms with Gasteiger partial charge in [-0.25, -0.2) is 0 Å². The molecule has 0 atom stereocenters. The number of carbonyl (C=O) groups is 1. The maximum atomic E-state index is 13.2. The molecule has 3 aromatic carbocycles. The predicted octanol–water partition coefficient (Wildman–Crippen LogP) is 3.68. The Morgan fingerprint density at radius 2 is 1.36 bits per heavy atom. The van der Waals surface area contributed by atoms with Gasteiger partial charge < -0.3 is 5.32 Å². The number of aromatic nitrogens is 2. The van der Waals surface area contributed by atoms with Crippen molar-refractivity contribution in [1.29, 1.82) is 0 Å². The molecule has 2 N–H and O–H groups in total. The van der Waals surface area contributed by atoms with Crippen LogP contribution in [0.15, 0.2) is 84.9 Å². The second-order valence-electron chi connectivity index (χ2n) is 8.73. The smallest absolute Gasteiger partial charge is 0.272 e. The summed E-state index contributed by atoms with van der Waals surface area (Å²) in [6.07, 6.45) is 0. The Morgan fingerprint density at radius 3 is 1.97 bits per heavy atom. The lowest BCUT2D eigenvalue weighted by atomic mass is 10.1. The van der Waals surface area contributed by atoms with Gasteiger partial charge in [0.1, 0.15) is 0 Å². The molecule has 5 rings (SSSR count). The quantitative estimate of drug-likeness (QED) is 0.481. The van der Waals surface area contributed by atoms with Gasteiger partial charge in [0.25, 0.3) is 5.91 Å². The van der Waals surface area contributed by atoms with Crippen LogP contribution in [-0.2, 0) is 13.1 Å². The van der Waals surface area contributed by atoms with Crippen LogP contribution in [0.2, 0.25) is 0 Å². The van der Waals surface area contributed by atoms with Crippen LogP contribution in [0.1, 0.15) is 21.6 Å². The van der Waals surface area contributed by atoms with Crippen molar-refractivity contribution >= 4 is 16.8 Å². The van der Waals surface area contributed by atoms with Crippen molar-refractivity contribution in [3.05, 3.63) is 102 Å². The minimum Gasteiger partial charge on any atom is -0.345 e. The van der Waals surface area contributed by atoms with E-state index in [-0.39, 0.29) is 11.9 Å². The summed E-state index contributed by atoms with van der Waals surface area (Å²) >= 11 is 0. The summed E-state index contributed by atoms with van der Waals surface area (Å²) in [6.45, 7) is 5.26. The van der Waals surface area contributed by atoms with Crippen molar-refractivity contribution in [3.8, 4) is 0 Å². The standard InChI is InChI=1S/C27H29N5O/c33-27(26-24-13-7-8-14-25(24)29-30-26)28-23-19-31(17-21-9-3-1-4-10-21)15-16-32(20-23)18-22-11-5-2-6-12-22/h1-14,23H,15-20H2,(H,28,33)(H,29,30). The average Bonchev–Trinajstić information content (AvgIpc) is 3.19. The van der Waals surface area contributed by atoms with Crippen LogP contribution < -0.4 is 5.32 Å². The third kappa shape index (κ3) is 5.30. The zero-order valence-corrected chi connectivity index (χ0v) is 18.7. The highest BCUT2D eigenvalue weighted by Gasteiger charge is 2.26. The minimum absolute atomic E-state index is 0.00267. The lowest BCUT2D eigenvalue weighted by Gasteiger charge is -2.25. The number of carbonyl (C=O) groups excluding carboxylic acids is 1. The third-order valence-electron chi connectivity index (χ3n) is 6.21. The first-order valence-corrected chi connectivity index (χ1v) is 11.5. The fraction of sp³-hybridized carbons (Fsp3) is 0.259. The van der Waals surface area contributed by atoms with Crippen LogP contribution in [0.5, 0.6) is 0 Å². The number of fused-ring (bicyclic) bond motifs is 1. The van der Waals surface area contributed by atoms with Gasteiger partial charge in [-0.15, -0.1) is 0 Å². The normalized spacial score (nSPS) is 16.0. The molecule has 4 aromatic rings. The van der Waals surface area contributed by atoms with Crippen LogP contribution in [0.3, 0.4) is 0 Å². The highest BCUT2D eigenvalue weighted by Crippen LogP contribution is 2.16. The molecule has 0 saturated carbocycles. The molecule has 2 heterocycles. The second kappa shape index (κ2) is 9.98. The molecule has 0 bridgehead atoms. The van der Waals surface area contributed by atoms with Crippen molar-refractivity contribution in [2.24, 2.45) is 0 Å². The molecule has 0 unspecified atom stereocenters. The van der Waals surface area contributed by atoms with Gasteiger partial charge in [-0.05, 0) is 17.2 Å². The maximum Gasteiger partial charge on any atom is 0.272 e. The van der Waals surface area contributed by atoms with E-state index in [1.165, 1.54) is 11.1 Å². The second-order valence-corrected chi connectivity index (χ2v) is 8.73. The number of rotatable bonds is 6. The van der Waals surface area contributed by atoms with E-state index in [0.29, 0.717) is 5.69 Å². The van der Waals surface area contributed by atoms with Crippen molar-refractivity contribution in [2.75, 3.05) is 26.2 Å². The zero-order chi connectivity index (χ0) is 22.5. The number of hydrogen-bond acceptors (Lipinski definition) is 4. The lowest BCUT2D eigenvalue weighted by molar-refractivity contribution is 0.0918. The Hall–Kier alpha value is -3.48. The van der Waals surface area contributed by atoms with Gasteiger partial charge in [-0.2, -0.15) is 5.10 Å². The first-order chi connectivity index (χ1) is 16.2. The van der Waals surface area contributed by atoms with Crippen molar-refractivity contribution in [1.82, 2.24) is 25.3 Å². The van der Waals surface area contributed by atoms with Crippen LogP contribution in [-0.4, -0.2) is 58.1 Å². The number of benzene rings is 3. The molecule has 33 heavy (non-hydrogen) atoms. The summed E-state index contributed by atoms with van der Waals surface area (Å²) < 4.78 is 0. The van der Waals surface area contributed by atoms with Gasteiger partial charge in [0.2, 0.25) is 0 Å². The van der Waals surface area contributed by atoms with Crippen molar-refractivity contribution in [3.63, 3.8) is 0 Å².